The molecule has 1 aromatic rings. The summed E-state index contributed by atoms with van der Waals surface area (Å²) in [6.45, 7) is 11.4. The number of carbonyl (C=O) groups is 2. The van der Waals surface area contributed by atoms with E-state index in [9.17, 15) is 14.7 Å². The maximum atomic E-state index is 13.1. The van der Waals surface area contributed by atoms with Crippen molar-refractivity contribution in [3.8, 4) is 0 Å². The summed E-state index contributed by atoms with van der Waals surface area (Å²) in [6.07, 6.45) is 7.92. The molecule has 2 aliphatic carbocycles. The van der Waals surface area contributed by atoms with E-state index in [1.807, 2.05) is 39.8 Å². The minimum Gasteiger partial charge on any atom is -0.485 e. The van der Waals surface area contributed by atoms with Crippen LogP contribution in [0.5, 0.6) is 0 Å². The van der Waals surface area contributed by atoms with Crippen molar-refractivity contribution in [1.29, 1.82) is 0 Å². The summed E-state index contributed by atoms with van der Waals surface area (Å²) in [5, 5.41) is 13.0. The van der Waals surface area contributed by atoms with Crippen molar-refractivity contribution in [1.82, 2.24) is 5.32 Å². The first-order valence-corrected chi connectivity index (χ1v) is 12.3. The van der Waals surface area contributed by atoms with Crippen molar-refractivity contribution < 1.29 is 24.2 Å². The molecule has 0 fully saturated rings. The summed E-state index contributed by atoms with van der Waals surface area (Å²) in [6, 6.07) is 4.65. The number of ether oxygens (including phenoxy) is 2. The molecule has 0 spiro atoms. The summed E-state index contributed by atoms with van der Waals surface area (Å²) in [5.74, 6) is -1.16. The monoisotopic (exact) mass is 488 g/mol. The van der Waals surface area contributed by atoms with Crippen molar-refractivity contribution in [2.24, 2.45) is 10.9 Å². The third-order valence-corrected chi connectivity index (χ3v) is 6.47. The zero-order valence-electron chi connectivity index (χ0n) is 21.3. The van der Waals surface area contributed by atoms with Crippen LogP contribution in [0.1, 0.15) is 60.9 Å². The number of hydrogen-bond acceptors (Lipinski definition) is 6. The highest BCUT2D eigenvalue weighted by atomic mass is 16.5. The number of aliphatic imine (C=N–C) groups is 1. The largest absolute Gasteiger partial charge is 0.485 e. The van der Waals surface area contributed by atoms with Crippen LogP contribution in [0.25, 0.3) is 5.57 Å². The number of carboxylic acid groups (broad SMARTS) is 1. The van der Waals surface area contributed by atoms with E-state index in [2.05, 4.69) is 22.5 Å². The Morgan fingerprint density at radius 3 is 2.56 bits per heavy atom. The van der Waals surface area contributed by atoms with Crippen LogP contribution in [-0.2, 0) is 9.47 Å². The van der Waals surface area contributed by atoms with Gasteiger partial charge in [-0.3, -0.25) is 4.99 Å². The number of nitrogens with one attached hydrogen (secondary N) is 1. The lowest BCUT2D eigenvalue weighted by molar-refractivity contribution is 0.0525. The molecule has 3 aliphatic rings. The fourth-order valence-electron chi connectivity index (χ4n) is 4.86. The standard InChI is InChI=1S/C29H32N2O5/c1-6-30-23-14-25-21(11-16(23)4)27(22-12-17(5)24(31-7-2)15-26(22)36-25)19-10-9-18(28(32)33)13-20(19)29(34)35-8-3/h9-15,21,25,30H,6-8H2,1-5H3,(H,32,33). The van der Waals surface area contributed by atoms with Gasteiger partial charge in [-0.05, 0) is 81.2 Å². The van der Waals surface area contributed by atoms with E-state index in [0.717, 1.165) is 40.2 Å². The van der Waals surface area contributed by atoms with Crippen LogP contribution in [-0.4, -0.2) is 48.6 Å². The van der Waals surface area contributed by atoms with Crippen LogP contribution in [0.3, 0.4) is 0 Å². The Labute approximate surface area is 211 Å². The zero-order valence-corrected chi connectivity index (χ0v) is 21.3. The van der Waals surface area contributed by atoms with Gasteiger partial charge in [-0.1, -0.05) is 12.1 Å². The minimum atomic E-state index is -1.10. The van der Waals surface area contributed by atoms with Crippen molar-refractivity contribution in [3.05, 3.63) is 87.4 Å². The Hall–Kier alpha value is -3.87. The lowest BCUT2D eigenvalue weighted by Gasteiger charge is -2.39. The molecule has 1 aliphatic heterocycles. The summed E-state index contributed by atoms with van der Waals surface area (Å²) in [4.78, 5) is 29.4. The van der Waals surface area contributed by atoms with E-state index >= 15 is 0 Å². The maximum absolute atomic E-state index is 13.1. The second-order valence-corrected chi connectivity index (χ2v) is 8.88. The van der Waals surface area contributed by atoms with Gasteiger partial charge < -0.3 is 19.9 Å². The Balaban J connectivity index is 2.00. The minimum absolute atomic E-state index is 0.0317. The number of nitrogens with zero attached hydrogens (tertiary/aromatic N) is 1. The Kier molecular flexibility index (Phi) is 7.29. The number of esters is 1. The normalized spacial score (nSPS) is 21.9. The van der Waals surface area contributed by atoms with E-state index in [0.29, 0.717) is 17.9 Å². The van der Waals surface area contributed by atoms with Crippen LogP contribution in [0, 0.1) is 5.92 Å². The number of allylic oxidation sites excluding steroid dienone is 4. The molecule has 1 heterocycles. The van der Waals surface area contributed by atoms with Crippen molar-refractivity contribution >= 4 is 23.2 Å². The fourth-order valence-corrected chi connectivity index (χ4v) is 4.86. The van der Waals surface area contributed by atoms with Crippen LogP contribution in [0.15, 0.2) is 75.7 Å². The summed E-state index contributed by atoms with van der Waals surface area (Å²) in [7, 11) is 0. The highest BCUT2D eigenvalue weighted by Crippen LogP contribution is 2.46. The lowest BCUT2D eigenvalue weighted by atomic mass is 9.75. The number of fused-ring (bicyclic) bond motifs is 2. The Morgan fingerprint density at radius 1 is 1.11 bits per heavy atom. The quantitative estimate of drug-likeness (QED) is 0.519. The third-order valence-electron chi connectivity index (χ3n) is 6.47. The third kappa shape index (κ3) is 4.65. The van der Waals surface area contributed by atoms with Gasteiger partial charge in [0.05, 0.1) is 23.4 Å². The van der Waals surface area contributed by atoms with E-state index < -0.39 is 11.9 Å². The van der Waals surface area contributed by atoms with Gasteiger partial charge in [0.2, 0.25) is 0 Å². The maximum Gasteiger partial charge on any atom is 0.338 e. The molecular formula is C29H32N2O5. The molecule has 7 heteroatoms. The topological polar surface area (TPSA) is 97.2 Å². The van der Waals surface area contributed by atoms with E-state index in [1.165, 1.54) is 12.1 Å². The molecule has 0 saturated carbocycles. The molecule has 1 aromatic carbocycles. The number of carbonyl (C=O) groups excluding carboxylic acids is 1. The predicted molar refractivity (Wildman–Crippen MR) is 140 cm³/mol. The van der Waals surface area contributed by atoms with Gasteiger partial charge >= 0.3 is 11.9 Å². The zero-order chi connectivity index (χ0) is 26.0. The van der Waals surface area contributed by atoms with Crippen LogP contribution in [0.2, 0.25) is 0 Å². The molecule has 2 N–H and O–H groups in total. The average molecular weight is 489 g/mol. The summed E-state index contributed by atoms with van der Waals surface area (Å²) < 4.78 is 11.8. The molecule has 2 unspecified atom stereocenters. The predicted octanol–water partition coefficient (Wildman–Crippen LogP) is 5.09. The second kappa shape index (κ2) is 10.4. The number of benzene rings is 1. The molecule has 0 radical (unpaired) electrons. The van der Waals surface area contributed by atoms with Gasteiger partial charge in [-0.25, -0.2) is 9.59 Å². The molecule has 36 heavy (non-hydrogen) atoms. The van der Waals surface area contributed by atoms with Crippen LogP contribution in [0.4, 0.5) is 0 Å². The highest BCUT2D eigenvalue weighted by molar-refractivity contribution is 6.11. The molecule has 0 bridgehead atoms. The van der Waals surface area contributed by atoms with E-state index in [-0.39, 0.29) is 29.8 Å². The summed E-state index contributed by atoms with van der Waals surface area (Å²) >= 11 is 0. The fraction of sp³-hybridized carbons (Fsp3) is 0.345. The first-order chi connectivity index (χ1) is 17.3. The van der Waals surface area contributed by atoms with E-state index in [1.54, 1.807) is 13.0 Å². The molecule has 4 rings (SSSR count). The smallest absolute Gasteiger partial charge is 0.338 e. The van der Waals surface area contributed by atoms with Crippen LogP contribution >= 0.6 is 0 Å². The van der Waals surface area contributed by atoms with Gasteiger partial charge in [0.1, 0.15) is 11.9 Å². The number of likely N-dealkylation sites (N-methyl/N-ethyl adjacent to an activating group) is 1. The summed E-state index contributed by atoms with van der Waals surface area (Å²) in [5.41, 5.74) is 6.61. The second-order valence-electron chi connectivity index (χ2n) is 8.88. The van der Waals surface area contributed by atoms with Gasteiger partial charge in [-0.15, -0.1) is 0 Å². The lowest BCUT2D eigenvalue weighted by Crippen LogP contribution is -2.34. The van der Waals surface area contributed by atoms with Gasteiger partial charge in [0.15, 0.2) is 0 Å². The van der Waals surface area contributed by atoms with Crippen molar-refractivity contribution in [3.63, 3.8) is 0 Å². The van der Waals surface area contributed by atoms with Crippen molar-refractivity contribution in [2.45, 2.75) is 40.7 Å². The first-order valence-electron chi connectivity index (χ1n) is 12.3. The van der Waals surface area contributed by atoms with Gasteiger partial charge in [0.25, 0.3) is 0 Å². The molecular weight excluding hydrogens is 456 g/mol. The van der Waals surface area contributed by atoms with Crippen molar-refractivity contribution in [2.75, 3.05) is 19.7 Å². The molecule has 0 aromatic heterocycles. The number of hydrogen-bond donors (Lipinski definition) is 2. The number of aromatic carboxylic acids is 1. The molecule has 7 nitrogen and oxygen atoms in total. The van der Waals surface area contributed by atoms with Gasteiger partial charge in [-0.2, -0.15) is 0 Å². The average Bonchev–Trinajstić information content (AvgIpc) is 2.84. The first kappa shape index (κ1) is 25.2. The molecule has 2 atom stereocenters. The van der Waals surface area contributed by atoms with Crippen LogP contribution < -0.4 is 5.32 Å². The van der Waals surface area contributed by atoms with Gasteiger partial charge in [0, 0.05) is 36.4 Å². The van der Waals surface area contributed by atoms with E-state index in [4.69, 9.17) is 9.47 Å². The highest BCUT2D eigenvalue weighted by Gasteiger charge is 2.39. The molecule has 0 saturated heterocycles. The molecule has 0 amide bonds. The SMILES string of the molecule is CCN=C1C=C2OC3C=C(NCC)C(C)=CC3C(c3ccc(C(=O)O)cc3C(=O)OCC)=C2C=C1C. The Morgan fingerprint density at radius 2 is 1.89 bits per heavy atom. The molecule has 188 valence electrons. The number of rotatable bonds is 7. The number of carboxylic acids is 1. The Bertz CT molecular complexity index is 1290.